The van der Waals surface area contributed by atoms with Crippen molar-refractivity contribution >= 4 is 17.6 Å². The van der Waals surface area contributed by atoms with Gasteiger partial charge in [-0.2, -0.15) is 0 Å². The van der Waals surface area contributed by atoms with Crippen molar-refractivity contribution in [2.24, 2.45) is 0 Å². The van der Waals surface area contributed by atoms with Gasteiger partial charge in [0.25, 0.3) is 0 Å². The predicted octanol–water partition coefficient (Wildman–Crippen LogP) is 2.47. The molecule has 7 heteroatoms. The van der Waals surface area contributed by atoms with E-state index in [-0.39, 0.29) is 19.1 Å². The van der Waals surface area contributed by atoms with Gasteiger partial charge in [-0.3, -0.25) is 19.5 Å². The molecule has 0 spiro atoms. The zero-order valence-electron chi connectivity index (χ0n) is 15.3. The first-order chi connectivity index (χ1) is 12.5. The number of fused-ring (bicyclic) bond motifs is 3. The van der Waals surface area contributed by atoms with Crippen molar-refractivity contribution in [3.05, 3.63) is 35.8 Å². The molecule has 0 saturated heterocycles. The molecule has 3 heterocycles. The molecule has 1 amide bonds. The highest BCUT2D eigenvalue weighted by atomic mass is 16.5. The number of anilines is 1. The van der Waals surface area contributed by atoms with Gasteiger partial charge in [-0.05, 0) is 32.9 Å². The maximum Gasteiger partial charge on any atom is 0.326 e. The first kappa shape index (κ1) is 17.8. The molecule has 7 nitrogen and oxygen atoms in total. The summed E-state index contributed by atoms with van der Waals surface area (Å²) in [6.45, 7) is 5.41. The minimum absolute atomic E-state index is 0.176. The zero-order valence-corrected chi connectivity index (χ0v) is 15.3. The second-order valence-corrected chi connectivity index (χ2v) is 6.05. The van der Waals surface area contributed by atoms with E-state index >= 15 is 0 Å². The Bertz CT molecular complexity index is 866. The largest absolute Gasteiger partial charge is 0.480 e. The predicted molar refractivity (Wildman–Crippen MR) is 96.2 cm³/mol. The maximum absolute atomic E-state index is 13.1. The highest BCUT2D eigenvalue weighted by Gasteiger charge is 2.35. The van der Waals surface area contributed by atoms with Crippen LogP contribution in [0.15, 0.2) is 24.4 Å². The quantitative estimate of drug-likeness (QED) is 0.784. The molecular formula is C19H21N3O4. The lowest BCUT2D eigenvalue weighted by Gasteiger charge is -2.24. The lowest BCUT2D eigenvalue weighted by molar-refractivity contribution is -0.142. The van der Waals surface area contributed by atoms with Crippen LogP contribution in [-0.4, -0.2) is 42.1 Å². The number of carbonyl (C=O) groups is 2. The van der Waals surface area contributed by atoms with Gasteiger partial charge in [0.1, 0.15) is 6.54 Å². The van der Waals surface area contributed by atoms with E-state index in [0.717, 1.165) is 5.56 Å². The third kappa shape index (κ3) is 3.00. The van der Waals surface area contributed by atoms with Gasteiger partial charge in [-0.25, -0.2) is 4.98 Å². The van der Waals surface area contributed by atoms with Gasteiger partial charge in [-0.1, -0.05) is 6.07 Å². The molecule has 0 radical (unpaired) electrons. The highest BCUT2D eigenvalue weighted by molar-refractivity contribution is 6.07. The molecule has 0 N–H and O–H groups in total. The number of hydrogen-bond acceptors (Lipinski definition) is 6. The third-order valence-electron chi connectivity index (χ3n) is 4.32. The molecule has 1 atom stereocenters. The second-order valence-electron chi connectivity index (χ2n) is 6.05. The molecule has 0 bridgehead atoms. The number of aryl methyl sites for hydroxylation is 1. The van der Waals surface area contributed by atoms with Gasteiger partial charge in [0.2, 0.25) is 11.8 Å². The minimum Gasteiger partial charge on any atom is -0.480 e. The number of hydrogen-bond donors (Lipinski definition) is 0. The SMILES string of the molecule is CCOC(=O)CN1C(=O)C(C)c2ncccc2-c2c1cc(C)nc2OC. The summed E-state index contributed by atoms with van der Waals surface area (Å²) in [5.41, 5.74) is 3.32. The number of methoxy groups -OCH3 is 1. The summed E-state index contributed by atoms with van der Waals surface area (Å²) in [7, 11) is 1.53. The number of aromatic nitrogens is 2. The first-order valence-electron chi connectivity index (χ1n) is 8.45. The summed E-state index contributed by atoms with van der Waals surface area (Å²) < 4.78 is 10.5. The summed E-state index contributed by atoms with van der Waals surface area (Å²) in [5.74, 6) is -0.807. The highest BCUT2D eigenvalue weighted by Crippen LogP contribution is 2.44. The van der Waals surface area contributed by atoms with Crippen LogP contribution in [0.2, 0.25) is 0 Å². The van der Waals surface area contributed by atoms with Crippen LogP contribution in [-0.2, 0) is 14.3 Å². The fraction of sp³-hybridized carbons (Fsp3) is 0.368. The Morgan fingerprint density at radius 3 is 2.85 bits per heavy atom. The number of ether oxygens (including phenoxy) is 2. The Morgan fingerprint density at radius 2 is 2.15 bits per heavy atom. The molecule has 1 aliphatic rings. The lowest BCUT2D eigenvalue weighted by Crippen LogP contribution is -2.38. The average molecular weight is 355 g/mol. The van der Waals surface area contributed by atoms with Crippen LogP contribution >= 0.6 is 0 Å². The normalized spacial score (nSPS) is 15.8. The molecule has 0 saturated carbocycles. The molecule has 2 aromatic rings. The molecule has 3 rings (SSSR count). The number of carbonyl (C=O) groups excluding carboxylic acids is 2. The van der Waals surface area contributed by atoms with E-state index in [1.165, 1.54) is 12.0 Å². The molecule has 2 aromatic heterocycles. The number of amides is 1. The number of pyridine rings is 2. The van der Waals surface area contributed by atoms with Crippen LogP contribution in [0.3, 0.4) is 0 Å². The fourth-order valence-corrected chi connectivity index (χ4v) is 3.18. The molecule has 0 aromatic carbocycles. The zero-order chi connectivity index (χ0) is 18.8. The summed E-state index contributed by atoms with van der Waals surface area (Å²) in [5, 5.41) is 0. The van der Waals surface area contributed by atoms with E-state index in [1.807, 2.05) is 13.0 Å². The molecule has 1 unspecified atom stereocenters. The number of esters is 1. The lowest BCUT2D eigenvalue weighted by atomic mass is 9.98. The van der Waals surface area contributed by atoms with Gasteiger partial charge in [0.15, 0.2) is 0 Å². The van der Waals surface area contributed by atoms with Crippen molar-refractivity contribution in [3.63, 3.8) is 0 Å². The fourth-order valence-electron chi connectivity index (χ4n) is 3.18. The summed E-state index contributed by atoms with van der Waals surface area (Å²) in [6.07, 6.45) is 1.65. The molecule has 26 heavy (non-hydrogen) atoms. The monoisotopic (exact) mass is 355 g/mol. The van der Waals surface area contributed by atoms with Gasteiger partial charge in [0, 0.05) is 17.5 Å². The molecule has 0 aliphatic carbocycles. The van der Waals surface area contributed by atoms with E-state index in [2.05, 4.69) is 9.97 Å². The van der Waals surface area contributed by atoms with Crippen molar-refractivity contribution in [1.29, 1.82) is 0 Å². The smallest absolute Gasteiger partial charge is 0.326 e. The third-order valence-corrected chi connectivity index (χ3v) is 4.32. The number of rotatable bonds is 4. The van der Waals surface area contributed by atoms with Crippen molar-refractivity contribution in [2.45, 2.75) is 26.7 Å². The van der Waals surface area contributed by atoms with Crippen LogP contribution in [0.1, 0.15) is 31.2 Å². The standard InChI is InChI=1S/C19H21N3O4/c1-5-26-15(23)10-22-14-9-11(2)21-18(25-4)16(14)13-7-6-8-20-17(13)12(3)19(22)24/h6-9,12H,5,10H2,1-4H3. The van der Waals surface area contributed by atoms with Crippen molar-refractivity contribution in [1.82, 2.24) is 9.97 Å². The van der Waals surface area contributed by atoms with E-state index in [4.69, 9.17) is 9.47 Å². The molecule has 136 valence electrons. The average Bonchev–Trinajstić information content (AvgIpc) is 2.71. The van der Waals surface area contributed by atoms with Crippen LogP contribution < -0.4 is 9.64 Å². The summed E-state index contributed by atoms with van der Waals surface area (Å²) in [6, 6.07) is 5.47. The molecule has 1 aliphatic heterocycles. The van der Waals surface area contributed by atoms with Crippen LogP contribution in [0, 0.1) is 6.92 Å². The van der Waals surface area contributed by atoms with Gasteiger partial charge in [-0.15, -0.1) is 0 Å². The Labute approximate surface area is 152 Å². The topological polar surface area (TPSA) is 81.6 Å². The Morgan fingerprint density at radius 1 is 1.38 bits per heavy atom. The van der Waals surface area contributed by atoms with Gasteiger partial charge in [0.05, 0.1) is 36.6 Å². The molecule has 0 fully saturated rings. The van der Waals surface area contributed by atoms with Crippen LogP contribution in [0.4, 0.5) is 5.69 Å². The first-order valence-corrected chi connectivity index (χ1v) is 8.45. The van der Waals surface area contributed by atoms with Crippen molar-refractivity contribution in [2.75, 3.05) is 25.2 Å². The molecular weight excluding hydrogens is 334 g/mol. The Balaban J connectivity index is 2.27. The number of nitrogens with zero attached hydrogens (tertiary/aromatic N) is 3. The van der Waals surface area contributed by atoms with Crippen LogP contribution in [0.25, 0.3) is 11.1 Å². The Kier molecular flexibility index (Phi) is 4.88. The van der Waals surface area contributed by atoms with E-state index in [9.17, 15) is 9.59 Å². The van der Waals surface area contributed by atoms with E-state index in [1.54, 1.807) is 32.2 Å². The van der Waals surface area contributed by atoms with Crippen LogP contribution in [0.5, 0.6) is 5.88 Å². The second kappa shape index (κ2) is 7.11. The van der Waals surface area contributed by atoms with Gasteiger partial charge < -0.3 is 9.47 Å². The van der Waals surface area contributed by atoms with Crippen molar-refractivity contribution in [3.8, 4) is 17.0 Å². The van der Waals surface area contributed by atoms with Gasteiger partial charge >= 0.3 is 5.97 Å². The van der Waals surface area contributed by atoms with E-state index in [0.29, 0.717) is 28.5 Å². The summed E-state index contributed by atoms with van der Waals surface area (Å²) >= 11 is 0. The van der Waals surface area contributed by atoms with E-state index < -0.39 is 11.9 Å². The Hall–Kier alpha value is -2.96. The summed E-state index contributed by atoms with van der Waals surface area (Å²) in [4.78, 5) is 35.6. The van der Waals surface area contributed by atoms with Crippen molar-refractivity contribution < 1.29 is 19.1 Å². The maximum atomic E-state index is 13.1. The minimum atomic E-state index is -0.516.